The van der Waals surface area contributed by atoms with Crippen molar-refractivity contribution in [2.75, 3.05) is 5.32 Å². The quantitative estimate of drug-likeness (QED) is 0.346. The Bertz CT molecular complexity index is 1370. The predicted molar refractivity (Wildman–Crippen MR) is 155 cm³/mol. The molecule has 40 heavy (non-hydrogen) atoms. The molecule has 1 aliphatic heterocycles. The minimum Gasteiger partial charge on any atom is -0.475 e. The summed E-state index contributed by atoms with van der Waals surface area (Å²) in [5.74, 6) is -2.06. The van der Waals surface area contributed by atoms with Gasteiger partial charge in [0.15, 0.2) is 0 Å². The summed E-state index contributed by atoms with van der Waals surface area (Å²) >= 11 is 0. The topological polar surface area (TPSA) is 116 Å². The van der Waals surface area contributed by atoms with Gasteiger partial charge in [0.2, 0.25) is 5.91 Å². The van der Waals surface area contributed by atoms with Crippen LogP contribution in [0.25, 0.3) is 0 Å². The monoisotopic (exact) mass is 571 g/mol. The zero-order valence-corrected chi connectivity index (χ0v) is 24.3. The van der Waals surface area contributed by atoms with Crippen LogP contribution in [0, 0.1) is 24.2 Å². The summed E-state index contributed by atoms with van der Waals surface area (Å²) < 4.78 is 31.7. The van der Waals surface area contributed by atoms with Crippen molar-refractivity contribution < 1.29 is 27.9 Å². The highest BCUT2D eigenvalue weighted by molar-refractivity contribution is 6.96. The van der Waals surface area contributed by atoms with Crippen molar-refractivity contribution in [3.63, 3.8) is 0 Å². The molecule has 0 bridgehead atoms. The third kappa shape index (κ3) is 6.79. The molecule has 1 amide bonds. The Kier molecular flexibility index (Phi) is 9.26. The van der Waals surface area contributed by atoms with Crippen molar-refractivity contribution in [2.45, 2.75) is 58.4 Å². The highest BCUT2D eigenvalue weighted by Gasteiger charge is 2.45. The van der Waals surface area contributed by atoms with E-state index in [2.05, 4.69) is 87.7 Å². The largest absolute Gasteiger partial charge is 0.490 e. The van der Waals surface area contributed by atoms with Gasteiger partial charge in [0.25, 0.3) is 0 Å². The van der Waals surface area contributed by atoms with E-state index in [0.717, 1.165) is 5.69 Å². The first kappa shape index (κ1) is 31.0. The molecule has 2 aromatic rings. The molecule has 6 nitrogen and oxygen atoms in total. The van der Waals surface area contributed by atoms with Crippen LogP contribution in [-0.4, -0.2) is 43.0 Å². The van der Waals surface area contributed by atoms with E-state index in [4.69, 9.17) is 21.0 Å². The van der Waals surface area contributed by atoms with Crippen LogP contribution in [0.5, 0.6) is 0 Å². The average molecular weight is 572 g/mol. The van der Waals surface area contributed by atoms with E-state index in [-0.39, 0.29) is 17.7 Å². The minimum absolute atomic E-state index is 0.131. The number of carboxylic acids is 1. The van der Waals surface area contributed by atoms with E-state index in [9.17, 15) is 18.0 Å². The molecule has 0 radical (unpaired) electrons. The smallest absolute Gasteiger partial charge is 0.475 e. The number of amides is 1. The Labute approximate surface area is 233 Å². The van der Waals surface area contributed by atoms with Crippen molar-refractivity contribution in [1.29, 1.82) is 5.41 Å². The summed E-state index contributed by atoms with van der Waals surface area (Å²) in [5.41, 5.74) is 11.4. The van der Waals surface area contributed by atoms with Crippen LogP contribution >= 0.6 is 0 Å². The van der Waals surface area contributed by atoms with Gasteiger partial charge in [-0.2, -0.15) is 13.2 Å². The maximum Gasteiger partial charge on any atom is 0.490 e. The summed E-state index contributed by atoms with van der Waals surface area (Å²) in [7, 11) is -2.06. The number of anilines is 1. The van der Waals surface area contributed by atoms with Gasteiger partial charge in [-0.05, 0) is 65.4 Å². The highest BCUT2D eigenvalue weighted by atomic mass is 28.3. The standard InChI is InChI=1S/C28H35N3OSi.C2HF3O2/c1-17(2)14-24(30)28(32)31-20-11-13-23-26(16-20)33(4,5)25-15-19(29)10-12-22(25)27(23)21-9-7-6-8-18(21)3;3-2(4,5)1(6)7/h6-13,15-17,22,24,27,29H,14,30H2,1-5H3,(H,31,32);(H,6,7)/t22?,24-,27?;/m1./s1. The molecule has 3 atom stereocenters. The van der Waals surface area contributed by atoms with Crippen LogP contribution in [0.3, 0.4) is 0 Å². The number of halogens is 3. The Morgan fingerprint density at radius 3 is 2.33 bits per heavy atom. The molecule has 1 aliphatic carbocycles. The number of carbonyl (C=O) groups excluding carboxylic acids is 1. The molecule has 0 aromatic heterocycles. The Hall–Kier alpha value is -3.50. The molecule has 10 heteroatoms. The molecule has 4 rings (SSSR count). The highest BCUT2D eigenvalue weighted by Crippen LogP contribution is 2.46. The van der Waals surface area contributed by atoms with Gasteiger partial charge in [0.1, 0.15) is 8.07 Å². The van der Waals surface area contributed by atoms with Crippen LogP contribution in [0.1, 0.15) is 42.9 Å². The molecule has 0 spiro atoms. The number of hydrogen-bond acceptors (Lipinski definition) is 4. The van der Waals surface area contributed by atoms with Gasteiger partial charge < -0.3 is 21.6 Å². The molecule has 2 aliphatic rings. The lowest BCUT2D eigenvalue weighted by atomic mass is 9.76. The van der Waals surface area contributed by atoms with Gasteiger partial charge in [-0.1, -0.05) is 68.5 Å². The fraction of sp³-hybridized carbons (Fsp3) is 0.367. The number of carbonyl (C=O) groups is 2. The lowest BCUT2D eigenvalue weighted by molar-refractivity contribution is -0.192. The second-order valence-corrected chi connectivity index (χ2v) is 15.6. The zero-order chi connectivity index (χ0) is 30.0. The van der Waals surface area contributed by atoms with Gasteiger partial charge >= 0.3 is 12.1 Å². The number of allylic oxidation sites excluding steroid dienone is 4. The number of rotatable bonds is 5. The van der Waals surface area contributed by atoms with Crippen molar-refractivity contribution >= 4 is 36.5 Å². The fourth-order valence-electron chi connectivity index (χ4n) is 5.45. The summed E-state index contributed by atoms with van der Waals surface area (Å²) in [4.78, 5) is 21.6. The first-order chi connectivity index (χ1) is 18.5. The molecular formula is C30H36F3N3O3Si. The zero-order valence-electron chi connectivity index (χ0n) is 23.3. The number of aliphatic carboxylic acids is 1. The van der Waals surface area contributed by atoms with E-state index in [1.165, 1.54) is 27.1 Å². The van der Waals surface area contributed by atoms with Crippen LogP contribution in [0.4, 0.5) is 18.9 Å². The minimum atomic E-state index is -5.08. The fourth-order valence-corrected chi connectivity index (χ4v) is 8.85. The van der Waals surface area contributed by atoms with Crippen molar-refractivity contribution in [1.82, 2.24) is 0 Å². The molecule has 2 aromatic carbocycles. The second-order valence-electron chi connectivity index (χ2n) is 11.2. The van der Waals surface area contributed by atoms with Crippen LogP contribution in [0.2, 0.25) is 13.1 Å². The average Bonchev–Trinajstić information content (AvgIpc) is 2.85. The van der Waals surface area contributed by atoms with Crippen molar-refractivity contribution in [3.05, 3.63) is 82.6 Å². The van der Waals surface area contributed by atoms with Gasteiger partial charge in [0, 0.05) is 17.5 Å². The number of benzene rings is 2. The molecule has 1 heterocycles. The van der Waals surface area contributed by atoms with Crippen molar-refractivity contribution in [2.24, 2.45) is 17.6 Å². The maximum atomic E-state index is 12.7. The Morgan fingerprint density at radius 2 is 1.75 bits per heavy atom. The van der Waals surface area contributed by atoms with E-state index >= 15 is 0 Å². The van der Waals surface area contributed by atoms with E-state index in [0.29, 0.717) is 18.1 Å². The summed E-state index contributed by atoms with van der Waals surface area (Å²) in [6.45, 7) is 11.1. The molecular weight excluding hydrogens is 535 g/mol. The lowest BCUT2D eigenvalue weighted by Gasteiger charge is -2.45. The van der Waals surface area contributed by atoms with Gasteiger partial charge in [-0.15, -0.1) is 0 Å². The number of hydrogen-bond donors (Lipinski definition) is 4. The van der Waals surface area contributed by atoms with E-state index < -0.39 is 26.3 Å². The van der Waals surface area contributed by atoms with Crippen LogP contribution in [-0.2, 0) is 9.59 Å². The number of carboxylic acid groups (broad SMARTS) is 1. The Morgan fingerprint density at radius 1 is 1.12 bits per heavy atom. The number of fused-ring (bicyclic) bond motifs is 2. The number of nitrogens with two attached hydrogens (primary N) is 1. The predicted octanol–water partition coefficient (Wildman–Crippen LogP) is 5.67. The summed E-state index contributed by atoms with van der Waals surface area (Å²) in [6, 6.07) is 14.5. The van der Waals surface area contributed by atoms with Crippen LogP contribution in [0.15, 0.2) is 65.9 Å². The number of alkyl halides is 3. The molecule has 5 N–H and O–H groups in total. The molecule has 214 valence electrons. The third-order valence-corrected chi connectivity index (χ3v) is 11.1. The van der Waals surface area contributed by atoms with Crippen molar-refractivity contribution in [3.8, 4) is 0 Å². The van der Waals surface area contributed by atoms with E-state index in [1.54, 1.807) is 0 Å². The molecule has 0 saturated carbocycles. The van der Waals surface area contributed by atoms with Gasteiger partial charge in [0.05, 0.1) is 11.8 Å². The normalized spacial score (nSPS) is 19.9. The summed E-state index contributed by atoms with van der Waals surface area (Å²) in [6.07, 6.45) is 1.84. The molecule has 0 saturated heterocycles. The Balaban J connectivity index is 0.000000559. The maximum absolute atomic E-state index is 12.7. The van der Waals surface area contributed by atoms with Gasteiger partial charge in [-0.3, -0.25) is 4.79 Å². The first-order valence-electron chi connectivity index (χ1n) is 13.1. The first-order valence-corrected chi connectivity index (χ1v) is 16.1. The number of nitrogens with one attached hydrogen (secondary N) is 2. The second kappa shape index (κ2) is 11.9. The lowest BCUT2D eigenvalue weighted by Crippen LogP contribution is -2.54. The van der Waals surface area contributed by atoms with Gasteiger partial charge in [-0.25, -0.2) is 4.79 Å². The number of aryl methyl sites for hydroxylation is 1. The third-order valence-electron chi connectivity index (χ3n) is 7.39. The van der Waals surface area contributed by atoms with E-state index in [1.807, 2.05) is 12.1 Å². The summed E-state index contributed by atoms with van der Waals surface area (Å²) in [5, 5.41) is 21.2. The SMILES string of the molecule is Cc1ccccc1C1c2ccc(NC(=O)[C@H](N)CC(C)C)cc2[Si](C)(C)C2=CC(=N)C=CC21.O=C(O)C(F)(F)F. The molecule has 0 fully saturated rings. The van der Waals surface area contributed by atoms with Crippen LogP contribution < -0.4 is 16.2 Å². The molecule has 2 unspecified atom stereocenters.